The zero-order valence-corrected chi connectivity index (χ0v) is 13.2. The average molecular weight is 277 g/mol. The molecule has 112 valence electrons. The van der Waals surface area contributed by atoms with Crippen LogP contribution in [0.4, 0.5) is 0 Å². The summed E-state index contributed by atoms with van der Waals surface area (Å²) in [5.41, 5.74) is 8.65. The van der Waals surface area contributed by atoms with Gasteiger partial charge < -0.3 is 15.2 Å². The molecule has 1 saturated carbocycles. The van der Waals surface area contributed by atoms with E-state index in [-0.39, 0.29) is 5.41 Å². The topological polar surface area (TPSA) is 44.5 Å². The maximum absolute atomic E-state index is 6.13. The van der Waals surface area contributed by atoms with E-state index in [1.807, 2.05) is 0 Å². The van der Waals surface area contributed by atoms with Crippen molar-refractivity contribution in [3.05, 3.63) is 23.3 Å². The summed E-state index contributed by atoms with van der Waals surface area (Å²) in [5.74, 6) is 2.24. The van der Waals surface area contributed by atoms with Gasteiger partial charge >= 0.3 is 0 Å². The maximum atomic E-state index is 6.13. The van der Waals surface area contributed by atoms with E-state index in [1.54, 1.807) is 14.2 Å². The van der Waals surface area contributed by atoms with Crippen LogP contribution in [0.5, 0.6) is 11.5 Å². The van der Waals surface area contributed by atoms with Crippen molar-refractivity contribution < 1.29 is 9.47 Å². The van der Waals surface area contributed by atoms with E-state index in [1.165, 1.54) is 18.4 Å². The van der Waals surface area contributed by atoms with Crippen molar-refractivity contribution in [3.63, 3.8) is 0 Å². The lowest BCUT2D eigenvalue weighted by molar-refractivity contribution is 0.359. The Balaban J connectivity index is 2.62. The van der Waals surface area contributed by atoms with Gasteiger partial charge in [-0.2, -0.15) is 0 Å². The highest BCUT2D eigenvalue weighted by Crippen LogP contribution is 2.48. The molecule has 3 nitrogen and oxygen atoms in total. The summed E-state index contributed by atoms with van der Waals surface area (Å²) >= 11 is 0. The normalized spacial score (nSPS) is 17.5. The van der Waals surface area contributed by atoms with Crippen molar-refractivity contribution in [3.8, 4) is 11.5 Å². The lowest BCUT2D eigenvalue weighted by Gasteiger charge is -2.31. The first-order valence-electron chi connectivity index (χ1n) is 7.55. The van der Waals surface area contributed by atoms with E-state index in [0.717, 1.165) is 29.9 Å². The minimum Gasteiger partial charge on any atom is -0.496 e. The van der Waals surface area contributed by atoms with Crippen LogP contribution in [-0.4, -0.2) is 20.8 Å². The van der Waals surface area contributed by atoms with Gasteiger partial charge in [-0.3, -0.25) is 0 Å². The van der Waals surface area contributed by atoms with E-state index in [4.69, 9.17) is 15.2 Å². The second kappa shape index (κ2) is 6.04. The highest BCUT2D eigenvalue weighted by Gasteiger charge is 2.38. The molecule has 2 rings (SSSR count). The van der Waals surface area contributed by atoms with E-state index in [9.17, 15) is 0 Å². The first kappa shape index (κ1) is 15.2. The maximum Gasteiger partial charge on any atom is 0.129 e. The third-order valence-electron chi connectivity index (χ3n) is 4.68. The summed E-state index contributed by atoms with van der Waals surface area (Å²) in [4.78, 5) is 0. The molecule has 20 heavy (non-hydrogen) atoms. The van der Waals surface area contributed by atoms with E-state index < -0.39 is 0 Å². The van der Waals surface area contributed by atoms with E-state index in [0.29, 0.717) is 12.5 Å². The second-order valence-electron chi connectivity index (χ2n) is 6.11. The zero-order valence-electron chi connectivity index (χ0n) is 13.2. The lowest BCUT2D eigenvalue weighted by atomic mass is 9.77. The molecule has 3 heteroatoms. The van der Waals surface area contributed by atoms with Gasteiger partial charge in [-0.1, -0.05) is 32.8 Å². The van der Waals surface area contributed by atoms with Crippen LogP contribution in [0, 0.1) is 0 Å². The smallest absolute Gasteiger partial charge is 0.129 e. The molecular formula is C17H27NO2. The standard InChI is InChI=1S/C17H27NO2/c1-12(2)15-14(19-3)8-7-13(16(15)20-4)17(11-18)9-5-6-10-17/h7-8,12H,5-6,9-11,18H2,1-4H3. The molecule has 0 heterocycles. The van der Waals surface area contributed by atoms with Crippen molar-refractivity contribution in [1.29, 1.82) is 0 Å². The summed E-state index contributed by atoms with van der Waals surface area (Å²) in [7, 11) is 3.47. The number of hydrogen-bond donors (Lipinski definition) is 1. The van der Waals surface area contributed by atoms with E-state index in [2.05, 4.69) is 26.0 Å². The van der Waals surface area contributed by atoms with Crippen molar-refractivity contribution in [1.82, 2.24) is 0 Å². The molecule has 0 amide bonds. The molecule has 0 atom stereocenters. The molecule has 0 radical (unpaired) electrons. The molecule has 1 aliphatic carbocycles. The molecule has 0 aliphatic heterocycles. The first-order chi connectivity index (χ1) is 9.59. The number of hydrogen-bond acceptors (Lipinski definition) is 3. The predicted octanol–water partition coefficient (Wildman–Crippen LogP) is 3.60. The fourth-order valence-electron chi connectivity index (χ4n) is 3.58. The van der Waals surface area contributed by atoms with Gasteiger partial charge in [0.05, 0.1) is 14.2 Å². The molecular weight excluding hydrogens is 250 g/mol. The van der Waals surface area contributed by atoms with Crippen LogP contribution in [0.1, 0.15) is 56.6 Å². The summed E-state index contributed by atoms with van der Waals surface area (Å²) in [6.07, 6.45) is 4.82. The monoisotopic (exact) mass is 277 g/mol. The summed E-state index contributed by atoms with van der Waals surface area (Å²) in [6, 6.07) is 4.23. The molecule has 0 aromatic heterocycles. The molecule has 0 bridgehead atoms. The molecule has 1 aromatic rings. The first-order valence-corrected chi connectivity index (χ1v) is 7.55. The Morgan fingerprint density at radius 3 is 2.25 bits per heavy atom. The van der Waals surface area contributed by atoms with Crippen LogP contribution in [0.25, 0.3) is 0 Å². The summed E-state index contributed by atoms with van der Waals surface area (Å²) < 4.78 is 11.3. The van der Waals surface area contributed by atoms with Crippen LogP contribution >= 0.6 is 0 Å². The van der Waals surface area contributed by atoms with E-state index >= 15 is 0 Å². The quantitative estimate of drug-likeness (QED) is 0.894. The Bertz CT molecular complexity index is 462. The Labute approximate surface area is 122 Å². The highest BCUT2D eigenvalue weighted by atomic mass is 16.5. The molecule has 0 unspecified atom stereocenters. The number of ether oxygens (including phenoxy) is 2. The largest absolute Gasteiger partial charge is 0.496 e. The highest BCUT2D eigenvalue weighted by molar-refractivity contribution is 5.54. The van der Waals surface area contributed by atoms with Crippen LogP contribution < -0.4 is 15.2 Å². The Hall–Kier alpha value is -1.22. The second-order valence-corrected chi connectivity index (χ2v) is 6.11. The number of rotatable bonds is 5. The molecule has 1 fully saturated rings. The third-order valence-corrected chi connectivity index (χ3v) is 4.68. The number of methoxy groups -OCH3 is 2. The minimum absolute atomic E-state index is 0.0846. The Morgan fingerprint density at radius 1 is 1.15 bits per heavy atom. The predicted molar refractivity (Wildman–Crippen MR) is 82.8 cm³/mol. The lowest BCUT2D eigenvalue weighted by Crippen LogP contribution is -2.32. The molecule has 1 aromatic carbocycles. The van der Waals surface area contributed by atoms with Gasteiger partial charge in [0.1, 0.15) is 11.5 Å². The van der Waals surface area contributed by atoms with Gasteiger partial charge in [0.2, 0.25) is 0 Å². The van der Waals surface area contributed by atoms with Crippen LogP contribution in [-0.2, 0) is 5.41 Å². The zero-order chi connectivity index (χ0) is 14.8. The van der Waals surface area contributed by atoms with Gasteiger partial charge in [-0.25, -0.2) is 0 Å². The van der Waals surface area contributed by atoms with Gasteiger partial charge in [0.15, 0.2) is 0 Å². The van der Waals surface area contributed by atoms with Gasteiger partial charge in [-0.15, -0.1) is 0 Å². The average Bonchev–Trinajstić information content (AvgIpc) is 2.95. The fraction of sp³-hybridized carbons (Fsp3) is 0.647. The summed E-state index contributed by atoms with van der Waals surface area (Å²) in [5, 5.41) is 0. The van der Waals surface area contributed by atoms with Crippen LogP contribution in [0.3, 0.4) is 0 Å². The van der Waals surface area contributed by atoms with Gasteiger partial charge in [0, 0.05) is 23.1 Å². The van der Waals surface area contributed by atoms with Crippen molar-refractivity contribution in [2.45, 2.75) is 50.9 Å². The SMILES string of the molecule is COc1ccc(C2(CN)CCCC2)c(OC)c1C(C)C. The van der Waals surface area contributed by atoms with Gasteiger partial charge in [-0.05, 0) is 24.8 Å². The molecule has 0 saturated heterocycles. The Kier molecular flexibility index (Phi) is 4.59. The summed E-state index contributed by atoms with van der Waals surface area (Å²) in [6.45, 7) is 5.04. The van der Waals surface area contributed by atoms with Crippen molar-refractivity contribution >= 4 is 0 Å². The number of nitrogens with two attached hydrogens (primary N) is 1. The number of benzene rings is 1. The third kappa shape index (κ3) is 2.39. The van der Waals surface area contributed by atoms with Crippen molar-refractivity contribution in [2.24, 2.45) is 5.73 Å². The molecule has 2 N–H and O–H groups in total. The Morgan fingerprint density at radius 2 is 1.80 bits per heavy atom. The van der Waals surface area contributed by atoms with Crippen LogP contribution in [0.2, 0.25) is 0 Å². The van der Waals surface area contributed by atoms with Crippen molar-refractivity contribution in [2.75, 3.05) is 20.8 Å². The fourth-order valence-corrected chi connectivity index (χ4v) is 3.58. The molecule has 0 spiro atoms. The molecule has 1 aliphatic rings. The van der Waals surface area contributed by atoms with Gasteiger partial charge in [0.25, 0.3) is 0 Å². The minimum atomic E-state index is 0.0846. The van der Waals surface area contributed by atoms with Crippen LogP contribution in [0.15, 0.2) is 12.1 Å².